The molecule has 3 unspecified atom stereocenters. The number of phosphoric ester groups is 1. The molecule has 87 heavy (non-hydrogen) atoms. The van der Waals surface area contributed by atoms with Crippen molar-refractivity contribution in [3.05, 3.63) is 97.2 Å². The summed E-state index contributed by atoms with van der Waals surface area (Å²) in [6.07, 6.45) is 98.4. The van der Waals surface area contributed by atoms with E-state index in [1.807, 2.05) is 27.2 Å². The van der Waals surface area contributed by atoms with Crippen LogP contribution in [0, 0.1) is 0 Å². The molecule has 0 aromatic rings. The van der Waals surface area contributed by atoms with E-state index in [1.165, 1.54) is 244 Å². The monoisotopic (exact) mass is 1240 g/mol. The SMILES string of the molecule is CC/C=C\C/C=C\C/C=C\C/C=C\C/C=C\CCCCCCCCCCCCCCCCCCCCCCCCCC(=O)NC(COP(=O)([O-])OCC[N+](C)(C)C)C(O)/C=C/CC/C=C/CC/C=C/CCCCCCCCCCCCCCCCCC. The van der Waals surface area contributed by atoms with Crippen molar-refractivity contribution in [2.75, 3.05) is 40.9 Å². The van der Waals surface area contributed by atoms with Crippen LogP contribution in [0.25, 0.3) is 0 Å². The summed E-state index contributed by atoms with van der Waals surface area (Å²) in [4.78, 5) is 25.6. The molecule has 0 saturated carbocycles. The Morgan fingerprint density at radius 1 is 0.414 bits per heavy atom. The standard InChI is InChI=1S/C78H143N2O6P/c1-6-8-10-12-14-16-18-20-22-24-26-28-30-32-34-35-36-37-38-39-40-41-42-43-44-45-46-48-50-52-54-56-58-60-62-64-66-68-70-72-78(82)79-76(75-86-87(83,84)85-74-73-80(3,4)5)77(81)71-69-67-65-63-61-59-57-55-53-51-49-47-33-31-29-27-25-23-21-19-17-15-13-11-9-7-2/h8,10,14,16,20,22,26,28,32,34,53,55,61,63,69,71,76-77,81H,6-7,9,11-13,15,17-19,21,23-25,27,29-31,33,35-52,54,56-60,62,64-68,70,72-75H2,1-5H3,(H-,79,82,83,84)/b10-8-,16-14-,22-20-,28-26-,34-32-,55-53+,63-61+,71-69+. The Morgan fingerprint density at radius 2 is 0.713 bits per heavy atom. The van der Waals surface area contributed by atoms with Gasteiger partial charge in [-0.2, -0.15) is 0 Å². The lowest BCUT2D eigenvalue weighted by Gasteiger charge is -2.29. The maximum atomic E-state index is 13.0. The van der Waals surface area contributed by atoms with Crippen molar-refractivity contribution in [3.63, 3.8) is 0 Å². The molecule has 0 aromatic heterocycles. The lowest BCUT2D eigenvalue weighted by Crippen LogP contribution is -2.45. The van der Waals surface area contributed by atoms with Gasteiger partial charge in [0, 0.05) is 6.42 Å². The Bertz CT molecular complexity index is 1740. The summed E-state index contributed by atoms with van der Waals surface area (Å²) in [5.41, 5.74) is 0. The maximum absolute atomic E-state index is 13.0. The number of likely N-dealkylation sites (N-methyl/N-ethyl adjacent to an activating group) is 1. The van der Waals surface area contributed by atoms with E-state index >= 15 is 0 Å². The van der Waals surface area contributed by atoms with Gasteiger partial charge in [-0.1, -0.05) is 342 Å². The van der Waals surface area contributed by atoms with Crippen LogP contribution in [0.4, 0.5) is 0 Å². The molecule has 2 N–H and O–H groups in total. The van der Waals surface area contributed by atoms with Crippen molar-refractivity contribution in [3.8, 4) is 0 Å². The van der Waals surface area contributed by atoms with Gasteiger partial charge in [-0.05, 0) is 89.9 Å². The lowest BCUT2D eigenvalue weighted by molar-refractivity contribution is -0.870. The smallest absolute Gasteiger partial charge is 0.268 e. The molecule has 3 atom stereocenters. The minimum absolute atomic E-state index is 0.0102. The van der Waals surface area contributed by atoms with Gasteiger partial charge in [-0.15, -0.1) is 0 Å². The van der Waals surface area contributed by atoms with Crippen LogP contribution in [-0.4, -0.2) is 68.5 Å². The minimum atomic E-state index is -4.62. The number of hydrogen-bond donors (Lipinski definition) is 2. The van der Waals surface area contributed by atoms with Gasteiger partial charge in [0.2, 0.25) is 5.91 Å². The second-order valence-corrected chi connectivity index (χ2v) is 27.7. The highest BCUT2D eigenvalue weighted by Crippen LogP contribution is 2.38. The van der Waals surface area contributed by atoms with Crippen LogP contribution in [0.2, 0.25) is 0 Å². The van der Waals surface area contributed by atoms with Crippen LogP contribution in [0.5, 0.6) is 0 Å². The summed E-state index contributed by atoms with van der Waals surface area (Å²) >= 11 is 0. The quantitative estimate of drug-likeness (QED) is 0.0272. The van der Waals surface area contributed by atoms with Gasteiger partial charge in [0.25, 0.3) is 7.82 Å². The van der Waals surface area contributed by atoms with Crippen LogP contribution in [0.15, 0.2) is 97.2 Å². The number of allylic oxidation sites excluding steroid dienone is 15. The third-order valence-electron chi connectivity index (χ3n) is 16.5. The number of carbonyl (C=O) groups excluding carboxylic acids is 1. The number of aliphatic hydroxyl groups is 1. The van der Waals surface area contributed by atoms with E-state index in [0.29, 0.717) is 17.4 Å². The Balaban J connectivity index is 4.03. The molecular weight excluding hydrogens is 1090 g/mol. The van der Waals surface area contributed by atoms with Gasteiger partial charge in [-0.25, -0.2) is 0 Å². The molecule has 8 nitrogen and oxygen atoms in total. The Labute approximate surface area is 540 Å². The molecule has 0 bridgehead atoms. The van der Waals surface area contributed by atoms with E-state index in [9.17, 15) is 19.4 Å². The number of nitrogens with zero attached hydrogens (tertiary/aromatic N) is 1. The number of quaternary nitrogens is 1. The second kappa shape index (κ2) is 67.8. The topological polar surface area (TPSA) is 108 Å². The second-order valence-electron chi connectivity index (χ2n) is 26.3. The van der Waals surface area contributed by atoms with E-state index < -0.39 is 26.6 Å². The van der Waals surface area contributed by atoms with Crippen LogP contribution < -0.4 is 10.2 Å². The molecule has 0 radical (unpaired) electrons. The van der Waals surface area contributed by atoms with E-state index in [2.05, 4.69) is 104 Å². The molecule has 506 valence electrons. The highest BCUT2D eigenvalue weighted by atomic mass is 31.2. The van der Waals surface area contributed by atoms with Crippen molar-refractivity contribution in [1.82, 2.24) is 5.32 Å². The summed E-state index contributed by atoms with van der Waals surface area (Å²) in [6, 6.07) is -0.914. The third-order valence-corrected chi connectivity index (χ3v) is 17.5. The molecular formula is C78H143N2O6P. The molecule has 0 fully saturated rings. The first-order valence-corrected chi connectivity index (χ1v) is 38.6. The average Bonchev–Trinajstić information content (AvgIpc) is 3.69. The Morgan fingerprint density at radius 3 is 1.07 bits per heavy atom. The van der Waals surface area contributed by atoms with Gasteiger partial charge in [0.1, 0.15) is 13.2 Å². The van der Waals surface area contributed by atoms with Crippen molar-refractivity contribution < 1.29 is 32.9 Å². The van der Waals surface area contributed by atoms with E-state index in [4.69, 9.17) is 9.05 Å². The van der Waals surface area contributed by atoms with Crippen LogP contribution >= 0.6 is 7.82 Å². The highest BCUT2D eigenvalue weighted by Gasteiger charge is 2.23. The molecule has 0 aliphatic carbocycles. The van der Waals surface area contributed by atoms with Crippen molar-refractivity contribution >= 4 is 13.7 Å². The van der Waals surface area contributed by atoms with Gasteiger partial charge >= 0.3 is 0 Å². The molecule has 0 rings (SSSR count). The molecule has 0 spiro atoms. The molecule has 0 saturated heterocycles. The Kier molecular flexibility index (Phi) is 65.8. The molecule has 9 heteroatoms. The number of carbonyl (C=O) groups is 1. The van der Waals surface area contributed by atoms with Crippen LogP contribution in [0.1, 0.15) is 341 Å². The summed E-state index contributed by atoms with van der Waals surface area (Å²) in [5.74, 6) is -0.207. The minimum Gasteiger partial charge on any atom is -0.756 e. The van der Waals surface area contributed by atoms with Crippen LogP contribution in [0.3, 0.4) is 0 Å². The number of phosphoric acid groups is 1. The zero-order chi connectivity index (χ0) is 63.4. The number of unbranched alkanes of at least 4 members (excludes halogenated alkanes) is 41. The van der Waals surface area contributed by atoms with Crippen LogP contribution in [-0.2, 0) is 18.4 Å². The Hall–Kier alpha value is -2.58. The highest BCUT2D eigenvalue weighted by molar-refractivity contribution is 7.45. The third kappa shape index (κ3) is 70.7. The molecule has 0 heterocycles. The van der Waals surface area contributed by atoms with Crippen molar-refractivity contribution in [1.29, 1.82) is 0 Å². The first-order chi connectivity index (χ1) is 42.5. The zero-order valence-corrected chi connectivity index (χ0v) is 58.9. The van der Waals surface area contributed by atoms with Gasteiger partial charge in [-0.3, -0.25) is 9.36 Å². The largest absolute Gasteiger partial charge is 0.756 e. The molecule has 0 aliphatic heterocycles. The van der Waals surface area contributed by atoms with E-state index in [1.54, 1.807) is 6.08 Å². The molecule has 0 aliphatic rings. The number of aliphatic hydroxyl groups excluding tert-OH is 1. The first-order valence-electron chi connectivity index (χ1n) is 37.1. The maximum Gasteiger partial charge on any atom is 0.268 e. The van der Waals surface area contributed by atoms with Gasteiger partial charge < -0.3 is 28.8 Å². The summed E-state index contributed by atoms with van der Waals surface area (Å²) in [5, 5.41) is 13.9. The number of hydrogen-bond acceptors (Lipinski definition) is 6. The average molecular weight is 1240 g/mol. The predicted octanol–water partition coefficient (Wildman–Crippen LogP) is 23.4. The predicted molar refractivity (Wildman–Crippen MR) is 380 cm³/mol. The fourth-order valence-electron chi connectivity index (χ4n) is 10.8. The summed E-state index contributed by atoms with van der Waals surface area (Å²) < 4.78 is 23.5. The molecule has 0 aromatic carbocycles. The summed E-state index contributed by atoms with van der Waals surface area (Å²) in [6.45, 7) is 4.54. The van der Waals surface area contributed by atoms with Gasteiger partial charge in [0.05, 0.1) is 39.9 Å². The summed E-state index contributed by atoms with van der Waals surface area (Å²) in [7, 11) is 1.24. The number of nitrogens with one attached hydrogen (secondary N) is 1. The number of amides is 1. The van der Waals surface area contributed by atoms with E-state index in [0.717, 1.165) is 77.0 Å². The zero-order valence-electron chi connectivity index (χ0n) is 58.0. The normalized spacial score (nSPS) is 14.1. The fraction of sp³-hybridized carbons (Fsp3) is 0.782. The lowest BCUT2D eigenvalue weighted by atomic mass is 10.0. The van der Waals surface area contributed by atoms with Crippen molar-refractivity contribution in [2.45, 2.75) is 353 Å². The van der Waals surface area contributed by atoms with Crippen molar-refractivity contribution in [2.24, 2.45) is 0 Å². The van der Waals surface area contributed by atoms with Gasteiger partial charge in [0.15, 0.2) is 0 Å². The van der Waals surface area contributed by atoms with E-state index in [-0.39, 0.29) is 12.5 Å². The first kappa shape index (κ1) is 84.4. The fourth-order valence-corrected chi connectivity index (χ4v) is 11.5. The molecule has 1 amide bonds. The number of rotatable bonds is 68.